The number of nitrogens with two attached hydrogens (primary N) is 1. The molecule has 0 aromatic rings. The first-order valence-electron chi connectivity index (χ1n) is 4.78. The Morgan fingerprint density at radius 3 is 2.73 bits per heavy atom. The van der Waals surface area contributed by atoms with Crippen LogP contribution in [0.2, 0.25) is 0 Å². The molecule has 5 nitrogen and oxygen atoms in total. The first kappa shape index (κ1) is 14.3. The zero-order valence-electron chi connectivity index (χ0n) is 8.95. The summed E-state index contributed by atoms with van der Waals surface area (Å²) in [5.41, 5.74) is 5.21. The first-order valence-corrected chi connectivity index (χ1v) is 5.19. The number of carbonyl (C=O) groups is 1. The lowest BCUT2D eigenvalue weighted by Gasteiger charge is -2.05. The van der Waals surface area contributed by atoms with E-state index in [2.05, 4.69) is 17.5 Å². The highest BCUT2D eigenvalue weighted by molar-refractivity contribution is 7.80. The molecule has 88 valence electrons. The number of methoxy groups -OCH3 is 1. The average Bonchev–Trinajstić information content (AvgIpc) is 2.15. The van der Waals surface area contributed by atoms with Gasteiger partial charge in [-0.1, -0.05) is 12.2 Å². The van der Waals surface area contributed by atoms with Crippen molar-refractivity contribution in [3.63, 3.8) is 0 Å². The van der Waals surface area contributed by atoms with E-state index in [-0.39, 0.29) is 17.3 Å². The summed E-state index contributed by atoms with van der Waals surface area (Å²) in [6, 6.07) is 0. The molecule has 6 heteroatoms. The average molecular weight is 234 g/mol. The van der Waals surface area contributed by atoms with Crippen molar-refractivity contribution < 1.29 is 14.3 Å². The van der Waals surface area contributed by atoms with Gasteiger partial charge in [0.05, 0.1) is 24.6 Å². The molecule has 0 spiro atoms. The first-order chi connectivity index (χ1) is 7.16. The lowest BCUT2D eigenvalue weighted by Crippen LogP contribution is -2.29. The number of carbonyl (C=O) groups excluding carboxylic acids is 1. The fourth-order valence-electron chi connectivity index (χ4n) is 0.867. The minimum Gasteiger partial charge on any atom is -0.393 e. The van der Waals surface area contributed by atoms with Crippen LogP contribution in [0, 0.1) is 0 Å². The summed E-state index contributed by atoms with van der Waals surface area (Å²) in [6.07, 6.45) is 0.882. The molecule has 0 aliphatic rings. The summed E-state index contributed by atoms with van der Waals surface area (Å²) in [6.45, 7) is 2.36. The van der Waals surface area contributed by atoms with Gasteiger partial charge in [0.15, 0.2) is 0 Å². The smallest absolute Gasteiger partial charge is 0.226 e. The quantitative estimate of drug-likeness (QED) is 0.428. The van der Waals surface area contributed by atoms with E-state index in [0.717, 1.165) is 6.42 Å². The molecule has 1 amide bonds. The van der Waals surface area contributed by atoms with Gasteiger partial charge in [0, 0.05) is 20.3 Å². The molecule has 0 rings (SSSR count). The van der Waals surface area contributed by atoms with E-state index < -0.39 is 0 Å². The third-order valence-corrected chi connectivity index (χ3v) is 1.70. The maximum Gasteiger partial charge on any atom is 0.226 e. The van der Waals surface area contributed by atoms with Crippen molar-refractivity contribution in [2.24, 2.45) is 5.73 Å². The summed E-state index contributed by atoms with van der Waals surface area (Å²) in [7, 11) is 1.62. The van der Waals surface area contributed by atoms with Gasteiger partial charge >= 0.3 is 0 Å². The molecule has 0 fully saturated rings. The maximum absolute atomic E-state index is 11.0. The van der Waals surface area contributed by atoms with Crippen LogP contribution in [0.1, 0.15) is 12.8 Å². The Labute approximate surface area is 95.3 Å². The summed E-state index contributed by atoms with van der Waals surface area (Å²) in [5.74, 6) is -0.139. The van der Waals surface area contributed by atoms with Crippen molar-refractivity contribution >= 4 is 23.1 Å². The number of rotatable bonds is 9. The van der Waals surface area contributed by atoms with Crippen LogP contribution in [0.3, 0.4) is 0 Å². The second-order valence-electron chi connectivity index (χ2n) is 2.95. The Morgan fingerprint density at radius 1 is 1.40 bits per heavy atom. The van der Waals surface area contributed by atoms with Gasteiger partial charge < -0.3 is 20.5 Å². The normalized spacial score (nSPS) is 9.93. The molecule has 3 N–H and O–H groups in total. The van der Waals surface area contributed by atoms with Crippen LogP contribution >= 0.6 is 12.2 Å². The van der Waals surface area contributed by atoms with Crippen molar-refractivity contribution in [1.82, 2.24) is 5.32 Å². The Balaban J connectivity index is 3.16. The predicted octanol–water partition coefficient (Wildman–Crippen LogP) is -0.168. The lowest BCUT2D eigenvalue weighted by molar-refractivity contribution is -0.119. The summed E-state index contributed by atoms with van der Waals surface area (Å²) in [4.78, 5) is 11.3. The zero-order chi connectivity index (χ0) is 11.5. The van der Waals surface area contributed by atoms with E-state index in [1.165, 1.54) is 0 Å². The number of thiocarbonyl (C=S) groups is 1. The van der Waals surface area contributed by atoms with Crippen molar-refractivity contribution in [3.05, 3.63) is 0 Å². The van der Waals surface area contributed by atoms with Crippen molar-refractivity contribution in [2.75, 3.05) is 33.5 Å². The molecule has 0 radical (unpaired) electrons. The number of hydrogen-bond acceptors (Lipinski definition) is 4. The van der Waals surface area contributed by atoms with Crippen LogP contribution in [-0.2, 0) is 14.3 Å². The van der Waals surface area contributed by atoms with E-state index in [0.29, 0.717) is 26.4 Å². The van der Waals surface area contributed by atoms with Crippen molar-refractivity contribution in [3.8, 4) is 0 Å². The van der Waals surface area contributed by atoms with Crippen molar-refractivity contribution in [2.45, 2.75) is 12.8 Å². The molecule has 0 aliphatic carbocycles. The second kappa shape index (κ2) is 9.82. The number of hydrogen-bond donors (Lipinski definition) is 2. The van der Waals surface area contributed by atoms with Crippen LogP contribution in [0.5, 0.6) is 0 Å². The minimum atomic E-state index is -0.139. The molecule has 0 saturated heterocycles. The van der Waals surface area contributed by atoms with Gasteiger partial charge in [-0.05, 0) is 6.42 Å². The van der Waals surface area contributed by atoms with Crippen molar-refractivity contribution in [1.29, 1.82) is 0 Å². The summed E-state index contributed by atoms with van der Waals surface area (Å²) < 4.78 is 10.0. The number of ether oxygens (including phenoxy) is 2. The molecule has 0 heterocycles. The summed E-state index contributed by atoms with van der Waals surface area (Å²) in [5, 5.41) is 2.69. The molecule has 0 saturated carbocycles. The molecule has 0 aromatic heterocycles. The van der Waals surface area contributed by atoms with Crippen LogP contribution < -0.4 is 11.1 Å². The zero-order valence-corrected chi connectivity index (χ0v) is 9.77. The molecule has 0 atom stereocenters. The van der Waals surface area contributed by atoms with Gasteiger partial charge in [-0.25, -0.2) is 0 Å². The van der Waals surface area contributed by atoms with Crippen LogP contribution in [0.15, 0.2) is 0 Å². The summed E-state index contributed by atoms with van der Waals surface area (Å²) >= 11 is 4.60. The van der Waals surface area contributed by atoms with Crippen LogP contribution in [-0.4, -0.2) is 44.4 Å². The van der Waals surface area contributed by atoms with Gasteiger partial charge in [0.1, 0.15) is 0 Å². The monoisotopic (exact) mass is 234 g/mol. The Morgan fingerprint density at radius 2 is 2.13 bits per heavy atom. The topological polar surface area (TPSA) is 73.6 Å². The fourth-order valence-corrected chi connectivity index (χ4v) is 0.998. The Bertz CT molecular complexity index is 200. The van der Waals surface area contributed by atoms with Crippen LogP contribution in [0.4, 0.5) is 0 Å². The molecule has 0 unspecified atom stereocenters. The Kier molecular flexibility index (Phi) is 9.35. The van der Waals surface area contributed by atoms with E-state index in [1.54, 1.807) is 7.11 Å². The van der Waals surface area contributed by atoms with Gasteiger partial charge in [-0.3, -0.25) is 4.79 Å². The van der Waals surface area contributed by atoms with E-state index in [1.807, 2.05) is 0 Å². The maximum atomic E-state index is 11.0. The lowest BCUT2D eigenvalue weighted by atomic mass is 10.4. The SMILES string of the molecule is COCCOCCCNC(=O)CC(N)=S. The van der Waals surface area contributed by atoms with Crippen LogP contribution in [0.25, 0.3) is 0 Å². The highest BCUT2D eigenvalue weighted by Crippen LogP contribution is 1.84. The van der Waals surface area contributed by atoms with Gasteiger partial charge in [-0.15, -0.1) is 0 Å². The van der Waals surface area contributed by atoms with E-state index in [4.69, 9.17) is 15.2 Å². The Hall–Kier alpha value is -0.720. The second-order valence-corrected chi connectivity index (χ2v) is 3.48. The van der Waals surface area contributed by atoms with Gasteiger partial charge in [0.25, 0.3) is 0 Å². The van der Waals surface area contributed by atoms with E-state index in [9.17, 15) is 4.79 Å². The standard InChI is InChI=1S/C9H18N2O3S/c1-13-5-6-14-4-2-3-11-9(12)7-8(10)15/h2-7H2,1H3,(H2,10,15)(H,11,12). The number of nitrogens with one attached hydrogen (secondary N) is 1. The van der Waals surface area contributed by atoms with Gasteiger partial charge in [0.2, 0.25) is 5.91 Å². The fraction of sp³-hybridized carbons (Fsp3) is 0.778. The number of amides is 1. The molecule has 0 bridgehead atoms. The minimum absolute atomic E-state index is 0.111. The molecular formula is C9H18N2O3S. The van der Waals surface area contributed by atoms with Gasteiger partial charge in [-0.2, -0.15) is 0 Å². The third-order valence-electron chi connectivity index (χ3n) is 1.55. The third kappa shape index (κ3) is 11.2. The van der Waals surface area contributed by atoms with E-state index >= 15 is 0 Å². The molecule has 0 aliphatic heterocycles. The largest absolute Gasteiger partial charge is 0.393 e. The molecule has 15 heavy (non-hydrogen) atoms. The highest BCUT2D eigenvalue weighted by atomic mass is 32.1. The highest BCUT2D eigenvalue weighted by Gasteiger charge is 2.01. The molecule has 0 aromatic carbocycles. The predicted molar refractivity (Wildman–Crippen MR) is 61.7 cm³/mol. The molecular weight excluding hydrogens is 216 g/mol.